The van der Waals surface area contributed by atoms with Gasteiger partial charge in [-0.25, -0.2) is 0 Å². The predicted molar refractivity (Wildman–Crippen MR) is 82.7 cm³/mol. The van der Waals surface area contributed by atoms with Gasteiger partial charge >= 0.3 is 5.69 Å². The Morgan fingerprint density at radius 3 is 2.81 bits per heavy atom. The number of benzene rings is 1. The van der Waals surface area contributed by atoms with Gasteiger partial charge in [-0.15, -0.1) is 0 Å². The molecule has 0 aliphatic heterocycles. The second kappa shape index (κ2) is 6.44. The first-order chi connectivity index (χ1) is 9.93. The van der Waals surface area contributed by atoms with Gasteiger partial charge in [0.05, 0.1) is 20.8 Å². The van der Waals surface area contributed by atoms with E-state index in [1.165, 1.54) is 18.2 Å². The molecule has 112 valence electrons. The molecule has 1 aromatic heterocycles. The number of nitrogens with zero attached hydrogens (tertiary/aromatic N) is 3. The predicted octanol–water partition coefficient (Wildman–Crippen LogP) is 3.89. The zero-order valence-corrected chi connectivity index (χ0v) is 13.8. The van der Waals surface area contributed by atoms with E-state index in [4.69, 9.17) is 16.3 Å². The molecule has 0 amide bonds. The summed E-state index contributed by atoms with van der Waals surface area (Å²) in [5, 5.41) is 15.7. The zero-order chi connectivity index (χ0) is 15.6. The highest BCUT2D eigenvalue weighted by Gasteiger charge is 2.18. The number of aryl methyl sites for hydroxylation is 2. The average molecular weight is 375 g/mol. The van der Waals surface area contributed by atoms with Crippen LogP contribution < -0.4 is 4.74 Å². The monoisotopic (exact) mass is 373 g/mol. The number of ether oxygens (including phenoxy) is 1. The van der Waals surface area contributed by atoms with Crippen molar-refractivity contribution in [2.75, 3.05) is 0 Å². The highest BCUT2D eigenvalue weighted by atomic mass is 79.9. The number of hydrogen-bond donors (Lipinski definition) is 0. The van der Waals surface area contributed by atoms with Crippen molar-refractivity contribution in [3.8, 4) is 5.75 Å². The lowest BCUT2D eigenvalue weighted by molar-refractivity contribution is -0.385. The Kier molecular flexibility index (Phi) is 4.84. The highest BCUT2D eigenvalue weighted by molar-refractivity contribution is 9.10. The second-order valence-electron chi connectivity index (χ2n) is 4.34. The number of nitro benzene ring substituents is 1. The lowest BCUT2D eigenvalue weighted by Gasteiger charge is -2.08. The maximum absolute atomic E-state index is 11.0. The molecule has 1 heterocycles. The van der Waals surface area contributed by atoms with Crippen LogP contribution >= 0.6 is 27.5 Å². The van der Waals surface area contributed by atoms with E-state index in [1.807, 2.05) is 6.92 Å². The fourth-order valence-electron chi connectivity index (χ4n) is 1.88. The van der Waals surface area contributed by atoms with Gasteiger partial charge in [0.15, 0.2) is 5.75 Å². The Labute approximate surface area is 134 Å². The van der Waals surface area contributed by atoms with Crippen LogP contribution in [0.2, 0.25) is 5.02 Å². The summed E-state index contributed by atoms with van der Waals surface area (Å²) in [6.07, 6.45) is 0.783. The summed E-state index contributed by atoms with van der Waals surface area (Å²) in [6, 6.07) is 4.22. The van der Waals surface area contributed by atoms with Crippen LogP contribution in [-0.4, -0.2) is 14.7 Å². The first-order valence-electron chi connectivity index (χ1n) is 6.21. The van der Waals surface area contributed by atoms with Gasteiger partial charge in [0.2, 0.25) is 0 Å². The molecule has 0 N–H and O–H groups in total. The minimum atomic E-state index is -0.499. The standard InChI is InChI=1S/C13H13BrClN3O3/c1-3-9-13(14)11(17(2)16-9)7-21-12-6-8(15)4-5-10(12)18(19)20/h4-6H,3,7H2,1-2H3. The number of halogens is 2. The summed E-state index contributed by atoms with van der Waals surface area (Å²) < 4.78 is 8.12. The van der Waals surface area contributed by atoms with Crippen LogP contribution in [0.4, 0.5) is 5.69 Å². The van der Waals surface area contributed by atoms with E-state index in [2.05, 4.69) is 21.0 Å². The SMILES string of the molecule is CCc1nn(C)c(COc2cc(Cl)ccc2[N+](=O)[O-])c1Br. The molecule has 0 aliphatic rings. The summed E-state index contributed by atoms with van der Waals surface area (Å²) in [5.74, 6) is 0.138. The first-order valence-corrected chi connectivity index (χ1v) is 7.38. The minimum absolute atomic E-state index is 0.117. The van der Waals surface area contributed by atoms with Crippen LogP contribution in [0.3, 0.4) is 0 Å². The Morgan fingerprint density at radius 1 is 1.52 bits per heavy atom. The molecular weight excluding hydrogens is 362 g/mol. The van der Waals surface area contributed by atoms with Crippen LogP contribution in [0, 0.1) is 10.1 Å². The lowest BCUT2D eigenvalue weighted by Crippen LogP contribution is -2.05. The van der Waals surface area contributed by atoms with Crippen LogP contribution in [-0.2, 0) is 20.1 Å². The fourth-order valence-corrected chi connectivity index (χ4v) is 2.77. The molecule has 0 saturated carbocycles. The maximum Gasteiger partial charge on any atom is 0.311 e. The second-order valence-corrected chi connectivity index (χ2v) is 5.57. The van der Waals surface area contributed by atoms with E-state index in [0.717, 1.165) is 22.3 Å². The van der Waals surface area contributed by atoms with Gasteiger partial charge in [-0.3, -0.25) is 14.8 Å². The van der Waals surface area contributed by atoms with Crippen molar-refractivity contribution in [2.24, 2.45) is 7.05 Å². The van der Waals surface area contributed by atoms with Crippen molar-refractivity contribution in [3.05, 3.63) is 49.2 Å². The molecular formula is C13H13BrClN3O3. The lowest BCUT2D eigenvalue weighted by atomic mass is 10.3. The number of hydrogen-bond acceptors (Lipinski definition) is 4. The number of aromatic nitrogens is 2. The molecule has 6 nitrogen and oxygen atoms in total. The van der Waals surface area contributed by atoms with Gasteiger partial charge in [-0.2, -0.15) is 5.10 Å². The molecule has 8 heteroatoms. The smallest absolute Gasteiger partial charge is 0.311 e. The fraction of sp³-hybridized carbons (Fsp3) is 0.308. The van der Waals surface area contributed by atoms with Crippen molar-refractivity contribution in [3.63, 3.8) is 0 Å². The molecule has 0 saturated heterocycles. The summed E-state index contributed by atoms with van der Waals surface area (Å²) in [7, 11) is 1.80. The molecule has 1 aromatic carbocycles. The molecule has 0 unspecified atom stereocenters. The summed E-state index contributed by atoms with van der Waals surface area (Å²) >= 11 is 9.34. The Hall–Kier alpha value is -1.60. The number of rotatable bonds is 5. The topological polar surface area (TPSA) is 70.2 Å². The largest absolute Gasteiger partial charge is 0.480 e. The molecule has 0 bridgehead atoms. The average Bonchev–Trinajstić information content (AvgIpc) is 2.71. The Balaban J connectivity index is 2.26. The highest BCUT2D eigenvalue weighted by Crippen LogP contribution is 2.31. The van der Waals surface area contributed by atoms with Crippen LogP contribution in [0.15, 0.2) is 22.7 Å². The zero-order valence-electron chi connectivity index (χ0n) is 11.5. The Bertz CT molecular complexity index is 688. The van der Waals surface area contributed by atoms with Crippen LogP contribution in [0.5, 0.6) is 5.75 Å². The van der Waals surface area contributed by atoms with E-state index in [9.17, 15) is 10.1 Å². The van der Waals surface area contributed by atoms with Gasteiger partial charge in [-0.1, -0.05) is 18.5 Å². The van der Waals surface area contributed by atoms with Crippen molar-refractivity contribution >= 4 is 33.2 Å². The van der Waals surface area contributed by atoms with Gasteiger partial charge in [0.1, 0.15) is 6.61 Å². The normalized spacial score (nSPS) is 10.7. The van der Waals surface area contributed by atoms with E-state index >= 15 is 0 Å². The summed E-state index contributed by atoms with van der Waals surface area (Å²) in [4.78, 5) is 10.5. The summed E-state index contributed by atoms with van der Waals surface area (Å²) in [6.45, 7) is 2.16. The van der Waals surface area contributed by atoms with E-state index in [1.54, 1.807) is 11.7 Å². The van der Waals surface area contributed by atoms with E-state index in [-0.39, 0.29) is 18.0 Å². The quantitative estimate of drug-likeness (QED) is 0.588. The maximum atomic E-state index is 11.0. The van der Waals surface area contributed by atoms with Crippen molar-refractivity contribution in [1.29, 1.82) is 0 Å². The van der Waals surface area contributed by atoms with Gasteiger partial charge in [-0.05, 0) is 28.4 Å². The molecule has 2 rings (SSSR count). The van der Waals surface area contributed by atoms with Crippen molar-refractivity contribution in [2.45, 2.75) is 20.0 Å². The Morgan fingerprint density at radius 2 is 2.24 bits per heavy atom. The van der Waals surface area contributed by atoms with Crippen molar-refractivity contribution in [1.82, 2.24) is 9.78 Å². The molecule has 0 atom stereocenters. The minimum Gasteiger partial charge on any atom is -0.480 e. The summed E-state index contributed by atoms with van der Waals surface area (Å²) in [5.41, 5.74) is 1.60. The third-order valence-electron chi connectivity index (χ3n) is 2.99. The van der Waals surface area contributed by atoms with Gasteiger partial charge in [0, 0.05) is 24.2 Å². The van der Waals surface area contributed by atoms with Crippen LogP contribution in [0.25, 0.3) is 0 Å². The molecule has 2 aromatic rings. The van der Waals surface area contributed by atoms with Crippen LogP contribution in [0.1, 0.15) is 18.3 Å². The third-order valence-corrected chi connectivity index (χ3v) is 4.14. The van der Waals surface area contributed by atoms with E-state index < -0.39 is 4.92 Å². The molecule has 0 fully saturated rings. The molecule has 0 radical (unpaired) electrons. The van der Waals surface area contributed by atoms with E-state index in [0.29, 0.717) is 5.02 Å². The molecule has 0 aliphatic carbocycles. The third kappa shape index (κ3) is 3.36. The first kappa shape index (κ1) is 15.8. The van der Waals surface area contributed by atoms with Crippen molar-refractivity contribution < 1.29 is 9.66 Å². The molecule has 0 spiro atoms. The molecule has 21 heavy (non-hydrogen) atoms. The van der Waals surface area contributed by atoms with Gasteiger partial charge in [0.25, 0.3) is 0 Å². The van der Waals surface area contributed by atoms with Gasteiger partial charge < -0.3 is 4.74 Å². The number of nitro groups is 1.